The number of hydrazone groups is 1. The Bertz CT molecular complexity index is 878. The largest absolute Gasteiger partial charge is 0.480 e. The van der Waals surface area contributed by atoms with Crippen LogP contribution >= 0.6 is 34.8 Å². The summed E-state index contributed by atoms with van der Waals surface area (Å²) >= 11 is 17.7. The SMILES string of the molecule is C#CCOc1ccccc1/C=N/NC(=O)c1[nH+]c(Cl)c(Cl)c(N)c1Cl. The van der Waals surface area contributed by atoms with Gasteiger partial charge in [0, 0.05) is 5.56 Å². The van der Waals surface area contributed by atoms with Crippen molar-refractivity contribution >= 4 is 52.6 Å². The van der Waals surface area contributed by atoms with Gasteiger partial charge in [0.05, 0.1) is 11.9 Å². The standard InChI is InChI=1S/C16H11Cl3N4O2/c1-2-7-25-10-6-4-3-5-9(10)8-21-23-16(24)14-11(17)13(20)12(18)15(19)22-14/h1,3-6,8H,7H2,(H2,20,22)(H,23,24)/p+1/b21-8+. The van der Waals surface area contributed by atoms with E-state index in [0.717, 1.165) is 0 Å². The number of hydrogen-bond acceptors (Lipinski definition) is 4. The lowest BCUT2D eigenvalue weighted by atomic mass is 10.2. The number of nitrogens with two attached hydrogens (primary N) is 1. The van der Waals surface area contributed by atoms with Crippen LogP contribution in [0, 0.1) is 12.3 Å². The number of hydrogen-bond donors (Lipinski definition) is 2. The first-order valence-corrected chi connectivity index (χ1v) is 7.93. The van der Waals surface area contributed by atoms with E-state index in [2.05, 4.69) is 21.4 Å². The predicted molar refractivity (Wildman–Crippen MR) is 98.3 cm³/mol. The number of nitrogen functional groups attached to an aromatic ring is 1. The fraction of sp³-hybridized carbons (Fsp3) is 0.0625. The molecule has 1 heterocycles. The van der Waals surface area contributed by atoms with Crippen LogP contribution in [0.4, 0.5) is 5.69 Å². The Morgan fingerprint density at radius 1 is 1.36 bits per heavy atom. The molecule has 128 valence electrons. The second-order valence-corrected chi connectivity index (χ2v) is 5.72. The van der Waals surface area contributed by atoms with Gasteiger partial charge < -0.3 is 10.5 Å². The number of anilines is 1. The summed E-state index contributed by atoms with van der Waals surface area (Å²) < 4.78 is 5.38. The normalized spacial score (nSPS) is 10.5. The van der Waals surface area contributed by atoms with E-state index in [0.29, 0.717) is 11.3 Å². The van der Waals surface area contributed by atoms with Crippen LogP contribution < -0.4 is 20.9 Å². The zero-order valence-electron chi connectivity index (χ0n) is 12.6. The zero-order chi connectivity index (χ0) is 18.4. The second-order valence-electron chi connectivity index (χ2n) is 4.59. The number of amides is 1. The highest BCUT2D eigenvalue weighted by atomic mass is 35.5. The number of H-pyrrole nitrogens is 1. The summed E-state index contributed by atoms with van der Waals surface area (Å²) in [7, 11) is 0. The number of pyridine rings is 1. The molecule has 0 spiro atoms. The molecule has 1 aromatic carbocycles. The van der Waals surface area contributed by atoms with E-state index in [9.17, 15) is 4.79 Å². The van der Waals surface area contributed by atoms with Gasteiger partial charge in [-0.15, -0.1) is 6.42 Å². The average Bonchev–Trinajstić information content (AvgIpc) is 2.62. The van der Waals surface area contributed by atoms with Crippen molar-refractivity contribution in [3.63, 3.8) is 0 Å². The van der Waals surface area contributed by atoms with Crippen molar-refractivity contribution in [3.8, 4) is 18.1 Å². The summed E-state index contributed by atoms with van der Waals surface area (Å²) in [6.45, 7) is 0.115. The van der Waals surface area contributed by atoms with Crippen molar-refractivity contribution < 1.29 is 14.5 Å². The Balaban J connectivity index is 2.16. The number of terminal acetylenes is 1. The summed E-state index contributed by atoms with van der Waals surface area (Å²) in [5.41, 5.74) is 8.55. The van der Waals surface area contributed by atoms with Crippen LogP contribution in [-0.2, 0) is 0 Å². The molecule has 2 rings (SSSR count). The Hall–Kier alpha value is -2.46. The van der Waals surface area contributed by atoms with E-state index in [1.807, 2.05) is 0 Å². The van der Waals surface area contributed by atoms with Gasteiger partial charge in [0.25, 0.3) is 10.8 Å². The van der Waals surface area contributed by atoms with E-state index in [1.54, 1.807) is 24.3 Å². The minimum atomic E-state index is -0.645. The van der Waals surface area contributed by atoms with Crippen molar-refractivity contribution in [1.29, 1.82) is 0 Å². The lowest BCUT2D eigenvalue weighted by Crippen LogP contribution is -2.28. The Morgan fingerprint density at radius 2 is 2.08 bits per heavy atom. The van der Waals surface area contributed by atoms with Gasteiger partial charge in [-0.05, 0) is 23.7 Å². The third kappa shape index (κ3) is 4.54. The van der Waals surface area contributed by atoms with Crippen LogP contribution in [0.5, 0.6) is 5.75 Å². The third-order valence-corrected chi connectivity index (χ3v) is 4.11. The first kappa shape index (κ1) is 18.9. The Kier molecular flexibility index (Phi) is 6.48. The summed E-state index contributed by atoms with van der Waals surface area (Å²) in [6, 6.07) is 7.05. The summed E-state index contributed by atoms with van der Waals surface area (Å²) in [4.78, 5) is 14.7. The summed E-state index contributed by atoms with van der Waals surface area (Å²) in [5.74, 6) is 2.25. The topological polar surface area (TPSA) is 90.8 Å². The van der Waals surface area contributed by atoms with Gasteiger partial charge in [-0.25, -0.2) is 5.43 Å². The van der Waals surface area contributed by atoms with Gasteiger partial charge in [0.1, 0.15) is 22.4 Å². The van der Waals surface area contributed by atoms with Gasteiger partial charge in [0.15, 0.2) is 0 Å². The van der Waals surface area contributed by atoms with Crippen LogP contribution in [0.15, 0.2) is 29.4 Å². The van der Waals surface area contributed by atoms with Gasteiger partial charge in [-0.1, -0.05) is 41.3 Å². The second kappa shape index (κ2) is 8.58. The molecular formula is C16H12Cl3N4O2+. The van der Waals surface area contributed by atoms with Crippen LogP contribution in [0.25, 0.3) is 0 Å². The molecule has 0 unspecified atom stereocenters. The van der Waals surface area contributed by atoms with Gasteiger partial charge in [-0.2, -0.15) is 10.1 Å². The molecule has 0 saturated carbocycles. The molecule has 2 aromatic rings. The van der Waals surface area contributed by atoms with E-state index < -0.39 is 5.91 Å². The van der Waals surface area contributed by atoms with Gasteiger partial charge >= 0.3 is 5.91 Å². The highest BCUT2D eigenvalue weighted by Crippen LogP contribution is 2.31. The number of aromatic nitrogens is 1. The molecule has 6 nitrogen and oxygen atoms in total. The Labute approximate surface area is 158 Å². The molecule has 9 heteroatoms. The maximum Gasteiger partial charge on any atom is 0.337 e. The molecule has 0 saturated heterocycles. The van der Waals surface area contributed by atoms with Gasteiger partial charge in [-0.3, -0.25) is 4.79 Å². The number of para-hydroxylation sites is 1. The fourth-order valence-electron chi connectivity index (χ4n) is 1.78. The monoisotopic (exact) mass is 397 g/mol. The number of aromatic amines is 1. The minimum Gasteiger partial charge on any atom is -0.480 e. The van der Waals surface area contributed by atoms with Crippen molar-refractivity contribution in [2.75, 3.05) is 12.3 Å². The van der Waals surface area contributed by atoms with Crippen molar-refractivity contribution in [2.24, 2.45) is 5.10 Å². The van der Waals surface area contributed by atoms with Crippen molar-refractivity contribution in [2.45, 2.75) is 0 Å². The quantitative estimate of drug-likeness (QED) is 0.351. The molecule has 1 amide bonds. The van der Waals surface area contributed by atoms with Crippen molar-refractivity contribution in [3.05, 3.63) is 50.7 Å². The van der Waals surface area contributed by atoms with E-state index in [4.69, 9.17) is 51.7 Å². The molecule has 4 N–H and O–H groups in total. The maximum atomic E-state index is 12.2. The minimum absolute atomic E-state index is 0.00533. The average molecular weight is 399 g/mol. The first-order valence-electron chi connectivity index (χ1n) is 6.79. The molecule has 0 fully saturated rings. The molecular weight excluding hydrogens is 387 g/mol. The number of carbonyl (C=O) groups excluding carboxylic acids is 1. The number of nitrogens with zero attached hydrogens (tertiary/aromatic N) is 1. The van der Waals surface area contributed by atoms with Crippen LogP contribution in [0.1, 0.15) is 16.1 Å². The number of ether oxygens (including phenoxy) is 1. The number of carbonyl (C=O) groups is 1. The zero-order valence-corrected chi connectivity index (χ0v) is 14.9. The van der Waals surface area contributed by atoms with E-state index in [1.165, 1.54) is 6.21 Å². The highest BCUT2D eigenvalue weighted by Gasteiger charge is 2.25. The maximum absolute atomic E-state index is 12.2. The number of nitrogens with one attached hydrogen (secondary N) is 2. The molecule has 0 atom stereocenters. The third-order valence-electron chi connectivity index (χ3n) is 2.95. The fourth-order valence-corrected chi connectivity index (χ4v) is 2.39. The molecule has 0 aliphatic rings. The Morgan fingerprint density at radius 3 is 2.80 bits per heavy atom. The molecule has 0 aliphatic heterocycles. The van der Waals surface area contributed by atoms with Crippen LogP contribution in [-0.4, -0.2) is 18.7 Å². The van der Waals surface area contributed by atoms with E-state index in [-0.39, 0.29) is 33.2 Å². The highest BCUT2D eigenvalue weighted by molar-refractivity contribution is 6.45. The summed E-state index contributed by atoms with van der Waals surface area (Å²) in [6.07, 6.45) is 6.57. The number of rotatable bonds is 5. The number of halogens is 3. The molecule has 1 aromatic heterocycles. The van der Waals surface area contributed by atoms with Gasteiger partial charge in [0.2, 0.25) is 0 Å². The summed E-state index contributed by atoms with van der Waals surface area (Å²) in [5, 5.41) is 3.83. The van der Waals surface area contributed by atoms with Crippen LogP contribution in [0.2, 0.25) is 15.2 Å². The molecule has 0 bridgehead atoms. The van der Waals surface area contributed by atoms with E-state index >= 15 is 0 Å². The van der Waals surface area contributed by atoms with Crippen LogP contribution in [0.3, 0.4) is 0 Å². The van der Waals surface area contributed by atoms with Crippen molar-refractivity contribution in [1.82, 2.24) is 5.43 Å². The first-order chi connectivity index (χ1) is 12.0. The molecule has 0 aliphatic carbocycles. The lowest BCUT2D eigenvalue weighted by molar-refractivity contribution is -0.379. The molecule has 25 heavy (non-hydrogen) atoms. The predicted octanol–water partition coefficient (Wildman–Crippen LogP) is 2.82. The smallest absolute Gasteiger partial charge is 0.337 e. The lowest BCUT2D eigenvalue weighted by Gasteiger charge is -2.05. The molecule has 0 radical (unpaired) electrons. The number of benzene rings is 1.